The summed E-state index contributed by atoms with van der Waals surface area (Å²) in [5.74, 6) is 7.63. The number of hydrogen-bond acceptors (Lipinski definition) is 8. The Morgan fingerprint density at radius 2 is 0.695 bits per heavy atom. The molecule has 118 heavy (non-hydrogen) atoms. The smallest absolute Gasteiger partial charge is 0.168 e. The third kappa shape index (κ3) is 13.5. The summed E-state index contributed by atoms with van der Waals surface area (Å²) in [6, 6.07) is 121. The number of allylic oxidation sites excluding steroid dienone is 4. The first-order valence-electron chi connectivity index (χ1n) is 39.5. The minimum absolute atomic E-state index is 0.286. The fraction of sp³-hybridized carbons (Fsp3) is 0.0283. The second kappa shape index (κ2) is 31.0. The number of aromatic nitrogens is 1. The fourth-order valence-electron chi connectivity index (χ4n) is 16.3. The van der Waals surface area contributed by atoms with Crippen LogP contribution in [0.5, 0.6) is 46.0 Å². The van der Waals surface area contributed by atoms with E-state index in [0.717, 1.165) is 107 Å². The highest BCUT2D eigenvalue weighted by Crippen LogP contribution is 2.52. The number of hydrogen-bond donors (Lipinski definition) is 3. The van der Waals surface area contributed by atoms with Crippen molar-refractivity contribution in [2.75, 3.05) is 0 Å². The number of benzene rings is 15. The lowest BCUT2D eigenvalue weighted by atomic mass is 9.89. The fourth-order valence-corrected chi connectivity index (χ4v) is 16.3. The number of rotatable bonds is 18. The molecule has 4 heterocycles. The molecule has 12 heteroatoms. The number of H-pyrrole nitrogens is 1. The number of ether oxygens (including phenoxy) is 4. The second-order valence-corrected chi connectivity index (χ2v) is 29.4. The van der Waals surface area contributed by atoms with Gasteiger partial charge in [-0.25, -0.2) is 25.0 Å². The van der Waals surface area contributed by atoms with Crippen LogP contribution in [0.4, 0.5) is 11.6 Å². The third-order valence-electron chi connectivity index (χ3n) is 21.8. The van der Waals surface area contributed by atoms with Gasteiger partial charge in [-0.15, -0.1) is 0 Å². The Labute approximate surface area is 683 Å². The maximum absolute atomic E-state index is 7.67. The Morgan fingerprint density at radius 1 is 0.339 bits per heavy atom. The van der Waals surface area contributed by atoms with Crippen LogP contribution in [0, 0.1) is 5.92 Å². The summed E-state index contributed by atoms with van der Waals surface area (Å²) in [6.45, 7) is 6.91. The molecule has 3 aliphatic heterocycles. The van der Waals surface area contributed by atoms with Gasteiger partial charge in [0.1, 0.15) is 69.3 Å². The van der Waals surface area contributed by atoms with Gasteiger partial charge in [-0.3, -0.25) is 0 Å². The van der Waals surface area contributed by atoms with Gasteiger partial charge in [-0.1, -0.05) is 365 Å². The first kappa shape index (κ1) is 71.3. The summed E-state index contributed by atoms with van der Waals surface area (Å²) in [5.41, 5.74) is 27.1. The molecule has 15 aromatic carbocycles. The zero-order valence-corrected chi connectivity index (χ0v) is 64.2. The van der Waals surface area contributed by atoms with Gasteiger partial charge < -0.3 is 35.0 Å². The molecule has 0 bridgehead atoms. The van der Waals surface area contributed by atoms with Crippen molar-refractivity contribution in [2.24, 2.45) is 36.6 Å². The third-order valence-corrected chi connectivity index (χ3v) is 21.8. The number of nitrogens with two attached hydrogens (primary N) is 1. The Kier molecular flexibility index (Phi) is 18.7. The van der Waals surface area contributed by atoms with Gasteiger partial charge in [0.25, 0.3) is 0 Å². The molecule has 4 N–H and O–H groups in total. The van der Waals surface area contributed by atoms with Crippen molar-refractivity contribution in [3.63, 3.8) is 0 Å². The lowest BCUT2D eigenvalue weighted by Crippen LogP contribution is -2.16. The van der Waals surface area contributed by atoms with Gasteiger partial charge in [0.15, 0.2) is 17.5 Å². The normalized spacial score (nSPS) is 14.8. The number of aliphatic imine (C=N–C) groups is 5. The number of aromatic amines is 1. The Hall–Kier alpha value is -15.8. The van der Waals surface area contributed by atoms with E-state index >= 15 is 0 Å². The van der Waals surface area contributed by atoms with E-state index in [1.165, 1.54) is 0 Å². The SMILES string of the molecule is C=C1NC(=NC2=NC(=Nc3[nH]c(N=C4N=C(N)c5cccc(Oc6c(-c7ccccc7)cccc6-c6ccccc6)c54)c4cccc(Oc5c(C6=CC=CC(C)C6)cccc5-c5ccccc5)c34)c3cccc(Oc4c(-c5ccccc5)cccc4-c4ccccc4)c32)c2cccc(Oc3c(-c4ccccc4)cccc3-c3ccccc3)c21. The van der Waals surface area contributed by atoms with Crippen LogP contribution in [0.2, 0.25) is 0 Å². The minimum atomic E-state index is 0.286. The van der Waals surface area contributed by atoms with Crippen LogP contribution in [0.25, 0.3) is 99.9 Å². The predicted octanol–water partition coefficient (Wildman–Crippen LogP) is 26.6. The van der Waals surface area contributed by atoms with E-state index in [9.17, 15) is 0 Å². The molecule has 562 valence electrons. The summed E-state index contributed by atoms with van der Waals surface area (Å²) < 4.78 is 29.9. The molecule has 0 saturated heterocycles. The van der Waals surface area contributed by atoms with E-state index in [0.29, 0.717) is 126 Å². The van der Waals surface area contributed by atoms with Gasteiger partial charge >= 0.3 is 0 Å². The number of nitrogens with one attached hydrogen (secondary N) is 2. The first-order chi connectivity index (χ1) is 58.3. The van der Waals surface area contributed by atoms with Crippen LogP contribution >= 0.6 is 0 Å². The van der Waals surface area contributed by atoms with Crippen LogP contribution in [0.1, 0.15) is 52.3 Å². The highest BCUT2D eigenvalue weighted by atomic mass is 16.5. The summed E-state index contributed by atoms with van der Waals surface area (Å²) in [6.07, 6.45) is 7.39. The largest absolute Gasteiger partial charge is 0.455 e. The Morgan fingerprint density at radius 3 is 1.14 bits per heavy atom. The monoisotopic (exact) mass is 1520 g/mol. The van der Waals surface area contributed by atoms with Crippen LogP contribution in [0.3, 0.4) is 0 Å². The van der Waals surface area contributed by atoms with Gasteiger partial charge in [-0.2, -0.15) is 0 Å². The highest BCUT2D eigenvalue weighted by Gasteiger charge is 2.34. The average molecular weight is 1520 g/mol. The van der Waals surface area contributed by atoms with Crippen molar-refractivity contribution in [2.45, 2.75) is 13.3 Å². The molecule has 4 aliphatic rings. The summed E-state index contributed by atoms with van der Waals surface area (Å²) >= 11 is 0. The van der Waals surface area contributed by atoms with Gasteiger partial charge in [-0.05, 0) is 81.1 Å². The first-order valence-corrected chi connectivity index (χ1v) is 39.5. The van der Waals surface area contributed by atoms with E-state index in [2.05, 4.69) is 212 Å². The molecule has 0 fully saturated rings. The molecule has 1 atom stereocenters. The molecule has 1 aromatic heterocycles. The summed E-state index contributed by atoms with van der Waals surface area (Å²) in [7, 11) is 0. The molecule has 16 aromatic rings. The van der Waals surface area contributed by atoms with E-state index in [4.69, 9.17) is 49.6 Å². The van der Waals surface area contributed by atoms with Crippen LogP contribution in [-0.4, -0.2) is 34.2 Å². The molecule has 0 amide bonds. The van der Waals surface area contributed by atoms with Crippen molar-refractivity contribution in [1.29, 1.82) is 0 Å². The summed E-state index contributed by atoms with van der Waals surface area (Å²) in [5, 5.41) is 4.91. The second-order valence-electron chi connectivity index (χ2n) is 29.4. The van der Waals surface area contributed by atoms with Crippen LogP contribution in [0.15, 0.2) is 408 Å². The average Bonchev–Trinajstić information content (AvgIpc) is 1.58. The Balaban J connectivity index is 0.791. The lowest BCUT2D eigenvalue weighted by molar-refractivity contribution is 0.484. The quantitative estimate of drug-likeness (QED) is 0.0778. The van der Waals surface area contributed by atoms with E-state index in [1.54, 1.807) is 0 Å². The standard InChI is InChI=1S/C106H74N8O4/c1-66-33-24-48-75(65-66)83-56-28-55-82(74-46-22-9-23-47-74)99(83)118-91-64-31-59-86-95(91)106(112-102(86)111-104-93-84(100(107)109-104)57-29-62-89(93)116-97-78(70-38-14-5-15-39-70)51-26-52-79(97)71-40-16-6-17-41-71)114-103-87-60-32-63-90(117-98-80(72-42-18-7-19-43-72)53-27-54-81(98)73-44-20-8-21-45-73)94(87)105(113-103)110-101-85-58-30-61-88(92(85)67(2)108-101)115-96-76(68-34-10-3-11-35-68)49-25-50-77(96)69-36-12-4-13-37-69/h3-64,66,112H,2,65H2,1H3,(H2,107,109,111)(H,108,110,113,114). The van der Waals surface area contributed by atoms with E-state index in [1.807, 2.05) is 188 Å². The maximum Gasteiger partial charge on any atom is 0.168 e. The molecule has 0 radical (unpaired) electrons. The maximum atomic E-state index is 7.67. The van der Waals surface area contributed by atoms with Crippen molar-refractivity contribution in [1.82, 2.24) is 10.3 Å². The van der Waals surface area contributed by atoms with Crippen molar-refractivity contribution < 1.29 is 18.9 Å². The van der Waals surface area contributed by atoms with Gasteiger partial charge in [0, 0.05) is 72.3 Å². The van der Waals surface area contributed by atoms with Gasteiger partial charge in [0.2, 0.25) is 0 Å². The molecular formula is C106H74N8O4. The zero-order valence-electron chi connectivity index (χ0n) is 64.2. The number of nitrogens with zero attached hydrogens (tertiary/aromatic N) is 5. The Bertz CT molecular complexity index is 6700. The molecule has 1 aliphatic carbocycles. The van der Waals surface area contributed by atoms with Crippen molar-refractivity contribution in [3.05, 3.63) is 422 Å². The molecule has 1 unspecified atom stereocenters. The molecular weight excluding hydrogens is 1450 g/mol. The highest BCUT2D eigenvalue weighted by molar-refractivity contribution is 6.29. The number of amidine groups is 5. The topological polar surface area (TPSA) is 153 Å². The predicted molar refractivity (Wildman–Crippen MR) is 481 cm³/mol. The van der Waals surface area contributed by atoms with Crippen LogP contribution < -0.4 is 30.0 Å². The van der Waals surface area contributed by atoms with E-state index in [-0.39, 0.29) is 5.84 Å². The molecule has 20 rings (SSSR count). The molecule has 0 spiro atoms. The van der Waals surface area contributed by atoms with Crippen molar-refractivity contribution >= 4 is 62.9 Å². The number of fused-ring (bicyclic) bond motifs is 4. The zero-order chi connectivity index (χ0) is 79.0. The lowest BCUT2D eigenvalue weighted by Gasteiger charge is -2.21. The number of para-hydroxylation sites is 4. The summed E-state index contributed by atoms with van der Waals surface area (Å²) in [4.78, 5) is 31.5. The van der Waals surface area contributed by atoms with Crippen molar-refractivity contribution in [3.8, 4) is 124 Å². The minimum Gasteiger partial charge on any atom is -0.455 e. The van der Waals surface area contributed by atoms with Crippen LogP contribution in [-0.2, 0) is 0 Å². The van der Waals surface area contributed by atoms with E-state index < -0.39 is 0 Å². The van der Waals surface area contributed by atoms with Gasteiger partial charge in [0.05, 0.1) is 22.1 Å². The molecule has 12 nitrogen and oxygen atoms in total. The molecule has 0 saturated carbocycles.